The van der Waals surface area contributed by atoms with Gasteiger partial charge in [-0.2, -0.15) is 0 Å². The maximum Gasteiger partial charge on any atom is 0.448 e. The molecule has 0 aromatic heterocycles. The lowest BCUT2D eigenvalue weighted by atomic mass is 9.99. The third kappa shape index (κ3) is 4.02. The van der Waals surface area contributed by atoms with Crippen molar-refractivity contribution in [1.82, 2.24) is 0 Å². The summed E-state index contributed by atoms with van der Waals surface area (Å²) >= 11 is 0. The number of benzene rings is 2. The summed E-state index contributed by atoms with van der Waals surface area (Å²) < 4.78 is 0. The van der Waals surface area contributed by atoms with E-state index in [1.54, 1.807) is 12.1 Å². The van der Waals surface area contributed by atoms with E-state index in [2.05, 4.69) is 0 Å². The highest BCUT2D eigenvalue weighted by atomic mass is 16.4. The number of phenols is 1. The highest BCUT2D eigenvalue weighted by Gasteiger charge is 1.91. The molecule has 0 unspecified atom stereocenters. The second-order valence-electron chi connectivity index (χ2n) is 3.16. The Bertz CT molecular complexity index is 426. The molecule has 0 fully saturated rings. The molecule has 0 atom stereocenters. The van der Waals surface area contributed by atoms with Crippen LogP contribution in [0.1, 0.15) is 0 Å². The number of rotatable bonds is 0. The van der Waals surface area contributed by atoms with E-state index in [4.69, 9.17) is 15.2 Å². The third-order valence-corrected chi connectivity index (χ3v) is 1.73. The van der Waals surface area contributed by atoms with Crippen LogP contribution in [0, 0.1) is 0 Å². The number of hydrogen-bond donors (Lipinski definition) is 3. The summed E-state index contributed by atoms with van der Waals surface area (Å²) in [6.45, 7) is 1.28. The van der Waals surface area contributed by atoms with Crippen LogP contribution in [0.15, 0.2) is 42.5 Å². The second-order valence-corrected chi connectivity index (χ2v) is 3.16. The van der Waals surface area contributed by atoms with E-state index in [9.17, 15) is 0 Å². The Kier molecular flexibility index (Phi) is 4.15. The number of aromatic hydroxyl groups is 1. The number of hydrogen-bond acceptors (Lipinski definition) is 3. The molecule has 0 aliphatic rings. The largest absolute Gasteiger partial charge is 0.508 e. The van der Waals surface area contributed by atoms with Gasteiger partial charge in [-0.15, -0.1) is 0 Å². The van der Waals surface area contributed by atoms with Crippen molar-refractivity contribution in [2.75, 3.05) is 0 Å². The minimum absolute atomic E-state index is 0.323. The minimum Gasteiger partial charge on any atom is -0.508 e. The highest BCUT2D eigenvalue weighted by molar-refractivity contribution is 6.38. The van der Waals surface area contributed by atoms with E-state index in [1.165, 1.54) is 6.82 Å². The molecule has 0 spiro atoms. The third-order valence-electron chi connectivity index (χ3n) is 1.73. The monoisotopic (exact) mass is 204 g/mol. The maximum absolute atomic E-state index is 9.13. The first kappa shape index (κ1) is 11.6. The first-order valence-corrected chi connectivity index (χ1v) is 4.63. The Morgan fingerprint density at radius 1 is 0.933 bits per heavy atom. The van der Waals surface area contributed by atoms with Gasteiger partial charge in [-0.1, -0.05) is 30.3 Å². The molecule has 0 radical (unpaired) electrons. The summed E-state index contributed by atoms with van der Waals surface area (Å²) in [7, 11) is -1.17. The molecular weight excluding hydrogens is 191 g/mol. The Morgan fingerprint density at radius 2 is 1.47 bits per heavy atom. The van der Waals surface area contributed by atoms with E-state index < -0.39 is 7.12 Å². The fourth-order valence-electron chi connectivity index (χ4n) is 1.18. The van der Waals surface area contributed by atoms with Crippen molar-refractivity contribution in [2.45, 2.75) is 6.82 Å². The average molecular weight is 204 g/mol. The molecule has 0 amide bonds. The van der Waals surface area contributed by atoms with Crippen LogP contribution in [0.2, 0.25) is 6.82 Å². The van der Waals surface area contributed by atoms with E-state index in [0.29, 0.717) is 5.75 Å². The van der Waals surface area contributed by atoms with E-state index >= 15 is 0 Å². The highest BCUT2D eigenvalue weighted by Crippen LogP contribution is 2.18. The first-order chi connectivity index (χ1) is 7.09. The molecule has 2 aromatic rings. The summed E-state index contributed by atoms with van der Waals surface area (Å²) in [5, 5.41) is 26.6. The molecule has 2 rings (SSSR count). The Morgan fingerprint density at radius 3 is 2.07 bits per heavy atom. The zero-order valence-corrected chi connectivity index (χ0v) is 8.46. The summed E-state index contributed by atoms with van der Waals surface area (Å²) in [6.07, 6.45) is 0. The fourth-order valence-corrected chi connectivity index (χ4v) is 1.18. The SMILES string of the molecule is CB(O)O.Oc1ccc2ccccc2c1. The summed E-state index contributed by atoms with van der Waals surface area (Å²) in [6, 6.07) is 13.3. The normalized spacial score (nSPS) is 9.27. The van der Waals surface area contributed by atoms with Crippen molar-refractivity contribution in [2.24, 2.45) is 0 Å². The smallest absolute Gasteiger partial charge is 0.448 e. The molecule has 2 aromatic carbocycles. The van der Waals surface area contributed by atoms with Gasteiger partial charge in [0.15, 0.2) is 0 Å². The van der Waals surface area contributed by atoms with Gasteiger partial charge >= 0.3 is 7.12 Å². The van der Waals surface area contributed by atoms with Crippen molar-refractivity contribution >= 4 is 17.9 Å². The predicted molar refractivity (Wildman–Crippen MR) is 61.7 cm³/mol. The van der Waals surface area contributed by atoms with Gasteiger partial charge in [-0.3, -0.25) is 0 Å². The van der Waals surface area contributed by atoms with E-state index in [0.717, 1.165) is 10.8 Å². The fraction of sp³-hybridized carbons (Fsp3) is 0.0909. The summed E-state index contributed by atoms with van der Waals surface area (Å²) in [5.41, 5.74) is 0. The van der Waals surface area contributed by atoms with Crippen molar-refractivity contribution < 1.29 is 15.2 Å². The van der Waals surface area contributed by atoms with Gasteiger partial charge in [0, 0.05) is 0 Å². The summed E-state index contributed by atoms with van der Waals surface area (Å²) in [5.74, 6) is 0.323. The predicted octanol–water partition coefficient (Wildman–Crippen LogP) is 1.63. The quantitative estimate of drug-likeness (QED) is 0.571. The first-order valence-electron chi connectivity index (χ1n) is 4.63. The van der Waals surface area contributed by atoms with Crippen LogP contribution in [0.25, 0.3) is 10.8 Å². The van der Waals surface area contributed by atoms with Crippen molar-refractivity contribution in [3.05, 3.63) is 42.5 Å². The molecule has 0 aliphatic carbocycles. The molecule has 15 heavy (non-hydrogen) atoms. The zero-order chi connectivity index (χ0) is 11.3. The zero-order valence-electron chi connectivity index (χ0n) is 8.46. The maximum atomic E-state index is 9.13. The van der Waals surface area contributed by atoms with Gasteiger partial charge in [0.1, 0.15) is 5.75 Å². The standard InChI is InChI=1S/C10H8O.CH5BO2/c11-10-6-5-8-3-1-2-4-9(8)7-10;1-2(3)4/h1-7,11H;3-4H,1H3. The van der Waals surface area contributed by atoms with Crippen LogP contribution < -0.4 is 0 Å². The van der Waals surface area contributed by atoms with E-state index in [1.807, 2.05) is 30.3 Å². The molecule has 4 heteroatoms. The van der Waals surface area contributed by atoms with Crippen LogP contribution >= 0.6 is 0 Å². The Balaban J connectivity index is 0.000000245. The van der Waals surface area contributed by atoms with Crippen LogP contribution in [-0.2, 0) is 0 Å². The van der Waals surface area contributed by atoms with Gasteiger partial charge in [0.25, 0.3) is 0 Å². The molecule has 0 aliphatic heterocycles. The van der Waals surface area contributed by atoms with Gasteiger partial charge in [-0.05, 0) is 29.7 Å². The molecule has 0 bridgehead atoms. The molecular formula is C11H13BO3. The lowest BCUT2D eigenvalue weighted by Crippen LogP contribution is -2.00. The Hall–Kier alpha value is -1.52. The van der Waals surface area contributed by atoms with Crippen LogP contribution in [0.5, 0.6) is 5.75 Å². The molecule has 0 saturated carbocycles. The van der Waals surface area contributed by atoms with Crippen molar-refractivity contribution in [3.63, 3.8) is 0 Å². The van der Waals surface area contributed by atoms with Crippen LogP contribution in [0.3, 0.4) is 0 Å². The molecule has 0 saturated heterocycles. The van der Waals surface area contributed by atoms with E-state index in [-0.39, 0.29) is 0 Å². The van der Waals surface area contributed by atoms with Crippen molar-refractivity contribution in [3.8, 4) is 5.75 Å². The molecule has 0 heterocycles. The van der Waals surface area contributed by atoms with Gasteiger partial charge in [0.05, 0.1) is 0 Å². The van der Waals surface area contributed by atoms with Crippen molar-refractivity contribution in [1.29, 1.82) is 0 Å². The minimum atomic E-state index is -1.17. The topological polar surface area (TPSA) is 60.7 Å². The van der Waals surface area contributed by atoms with Gasteiger partial charge in [0.2, 0.25) is 0 Å². The summed E-state index contributed by atoms with van der Waals surface area (Å²) in [4.78, 5) is 0. The molecule has 78 valence electrons. The number of fused-ring (bicyclic) bond motifs is 1. The van der Waals surface area contributed by atoms with Gasteiger partial charge in [-0.25, -0.2) is 0 Å². The number of phenolic OH excluding ortho intramolecular Hbond substituents is 1. The lowest BCUT2D eigenvalue weighted by Gasteiger charge is -1.96. The molecule has 3 nitrogen and oxygen atoms in total. The van der Waals surface area contributed by atoms with Crippen LogP contribution in [0.4, 0.5) is 0 Å². The van der Waals surface area contributed by atoms with Crippen LogP contribution in [-0.4, -0.2) is 22.3 Å². The molecule has 3 N–H and O–H groups in total. The Labute approximate surface area is 88.8 Å². The lowest BCUT2D eigenvalue weighted by molar-refractivity contribution is 0.417. The van der Waals surface area contributed by atoms with Gasteiger partial charge < -0.3 is 15.2 Å². The average Bonchev–Trinajstić information content (AvgIpc) is 2.16. The second kappa shape index (κ2) is 5.39.